The lowest BCUT2D eigenvalue weighted by Crippen LogP contribution is -2.07. The van der Waals surface area contributed by atoms with Crippen molar-refractivity contribution in [3.05, 3.63) is 29.6 Å². The molecular formula is C10H13NO3. The number of esters is 1. The van der Waals surface area contributed by atoms with Crippen molar-refractivity contribution in [3.63, 3.8) is 0 Å². The molecular weight excluding hydrogens is 182 g/mol. The van der Waals surface area contributed by atoms with E-state index in [1.54, 1.807) is 32.4 Å². The van der Waals surface area contributed by atoms with E-state index >= 15 is 0 Å². The Hall–Kier alpha value is -1.42. The molecule has 0 spiro atoms. The highest BCUT2D eigenvalue weighted by Gasteiger charge is 2.06. The largest absolute Gasteiger partial charge is 0.461 e. The highest BCUT2D eigenvalue weighted by molar-refractivity contribution is 5.87. The SMILES string of the molecule is CCOC(=O)c1ccc(COC)cn1. The van der Waals surface area contributed by atoms with Gasteiger partial charge in [0.25, 0.3) is 0 Å². The monoisotopic (exact) mass is 195 g/mol. The predicted molar refractivity (Wildman–Crippen MR) is 50.9 cm³/mol. The number of nitrogens with zero attached hydrogens (tertiary/aromatic N) is 1. The molecule has 1 aromatic heterocycles. The van der Waals surface area contributed by atoms with Gasteiger partial charge in [-0.3, -0.25) is 0 Å². The van der Waals surface area contributed by atoms with Crippen LogP contribution in [0.15, 0.2) is 18.3 Å². The molecule has 4 heteroatoms. The van der Waals surface area contributed by atoms with Crippen LogP contribution in [0.5, 0.6) is 0 Å². The third kappa shape index (κ3) is 2.81. The fourth-order valence-electron chi connectivity index (χ4n) is 1.00. The Morgan fingerprint density at radius 1 is 1.50 bits per heavy atom. The molecule has 0 fully saturated rings. The molecule has 0 radical (unpaired) electrons. The van der Waals surface area contributed by atoms with Gasteiger partial charge in [0.05, 0.1) is 13.2 Å². The lowest BCUT2D eigenvalue weighted by Gasteiger charge is -2.02. The maximum absolute atomic E-state index is 11.2. The molecule has 0 aliphatic heterocycles. The van der Waals surface area contributed by atoms with E-state index in [0.717, 1.165) is 5.56 Å². The predicted octanol–water partition coefficient (Wildman–Crippen LogP) is 1.40. The standard InChI is InChI=1S/C10H13NO3/c1-3-14-10(12)9-5-4-8(6-11-9)7-13-2/h4-6H,3,7H2,1-2H3. The second kappa shape index (κ2) is 5.34. The van der Waals surface area contributed by atoms with E-state index in [4.69, 9.17) is 9.47 Å². The van der Waals surface area contributed by atoms with Crippen LogP contribution in [0, 0.1) is 0 Å². The molecule has 4 nitrogen and oxygen atoms in total. The number of pyridine rings is 1. The zero-order chi connectivity index (χ0) is 10.4. The van der Waals surface area contributed by atoms with Crippen molar-refractivity contribution in [2.24, 2.45) is 0 Å². The van der Waals surface area contributed by atoms with Crippen molar-refractivity contribution in [2.45, 2.75) is 13.5 Å². The summed E-state index contributed by atoms with van der Waals surface area (Å²) in [5.41, 5.74) is 1.26. The fraction of sp³-hybridized carbons (Fsp3) is 0.400. The lowest BCUT2D eigenvalue weighted by molar-refractivity contribution is 0.0519. The molecule has 0 unspecified atom stereocenters. The fourth-order valence-corrected chi connectivity index (χ4v) is 1.00. The number of methoxy groups -OCH3 is 1. The van der Waals surface area contributed by atoms with Gasteiger partial charge in [-0.1, -0.05) is 6.07 Å². The van der Waals surface area contributed by atoms with Crippen LogP contribution in [0.25, 0.3) is 0 Å². The number of aromatic nitrogens is 1. The number of rotatable bonds is 4. The Morgan fingerprint density at radius 2 is 2.29 bits per heavy atom. The van der Waals surface area contributed by atoms with E-state index in [-0.39, 0.29) is 0 Å². The highest BCUT2D eigenvalue weighted by Crippen LogP contribution is 2.02. The highest BCUT2D eigenvalue weighted by atomic mass is 16.5. The molecule has 14 heavy (non-hydrogen) atoms. The van der Waals surface area contributed by atoms with E-state index in [9.17, 15) is 4.79 Å². The summed E-state index contributed by atoms with van der Waals surface area (Å²) in [6.07, 6.45) is 1.61. The van der Waals surface area contributed by atoms with Crippen molar-refractivity contribution in [3.8, 4) is 0 Å². The zero-order valence-corrected chi connectivity index (χ0v) is 8.32. The topological polar surface area (TPSA) is 48.4 Å². The van der Waals surface area contributed by atoms with Gasteiger partial charge in [0, 0.05) is 13.3 Å². The lowest BCUT2D eigenvalue weighted by atomic mass is 10.2. The Bertz CT molecular complexity index is 295. The van der Waals surface area contributed by atoms with Crippen LogP contribution >= 0.6 is 0 Å². The first-order valence-electron chi connectivity index (χ1n) is 4.39. The summed E-state index contributed by atoms with van der Waals surface area (Å²) in [4.78, 5) is 15.2. The van der Waals surface area contributed by atoms with Crippen LogP contribution in [0.1, 0.15) is 23.0 Å². The van der Waals surface area contributed by atoms with Gasteiger partial charge in [0.15, 0.2) is 0 Å². The maximum Gasteiger partial charge on any atom is 0.356 e. The molecule has 1 heterocycles. The van der Waals surface area contributed by atoms with Crippen LogP contribution in [0.3, 0.4) is 0 Å². The van der Waals surface area contributed by atoms with Gasteiger partial charge in [-0.25, -0.2) is 9.78 Å². The first-order chi connectivity index (χ1) is 6.77. The van der Waals surface area contributed by atoms with Gasteiger partial charge in [0.1, 0.15) is 5.69 Å². The molecule has 0 bridgehead atoms. The Morgan fingerprint density at radius 3 is 2.79 bits per heavy atom. The van der Waals surface area contributed by atoms with Crippen LogP contribution in [-0.2, 0) is 16.1 Å². The second-order valence-electron chi connectivity index (χ2n) is 2.71. The third-order valence-electron chi connectivity index (χ3n) is 1.62. The molecule has 0 aromatic carbocycles. The summed E-state index contributed by atoms with van der Waals surface area (Å²) in [6.45, 7) is 2.62. The minimum Gasteiger partial charge on any atom is -0.461 e. The average molecular weight is 195 g/mol. The van der Waals surface area contributed by atoms with Crippen LogP contribution in [0.4, 0.5) is 0 Å². The molecule has 0 saturated heterocycles. The minimum atomic E-state index is -0.392. The molecule has 0 amide bonds. The van der Waals surface area contributed by atoms with Crippen molar-refractivity contribution in [2.75, 3.05) is 13.7 Å². The van der Waals surface area contributed by atoms with E-state index in [2.05, 4.69) is 4.98 Å². The smallest absolute Gasteiger partial charge is 0.356 e. The molecule has 0 aliphatic carbocycles. The van der Waals surface area contributed by atoms with Crippen molar-refractivity contribution in [1.82, 2.24) is 4.98 Å². The Labute approximate surface area is 82.9 Å². The van der Waals surface area contributed by atoms with Crippen LogP contribution in [0.2, 0.25) is 0 Å². The summed E-state index contributed by atoms with van der Waals surface area (Å²) < 4.78 is 9.71. The molecule has 0 aliphatic rings. The van der Waals surface area contributed by atoms with Gasteiger partial charge in [0.2, 0.25) is 0 Å². The van der Waals surface area contributed by atoms with Crippen molar-refractivity contribution in [1.29, 1.82) is 0 Å². The van der Waals surface area contributed by atoms with Gasteiger partial charge in [-0.2, -0.15) is 0 Å². The Balaban J connectivity index is 2.67. The van der Waals surface area contributed by atoms with Gasteiger partial charge in [-0.05, 0) is 18.6 Å². The summed E-state index contributed by atoms with van der Waals surface area (Å²) in [5, 5.41) is 0. The molecule has 1 rings (SSSR count). The van der Waals surface area contributed by atoms with Gasteiger partial charge >= 0.3 is 5.97 Å². The van der Waals surface area contributed by atoms with Crippen molar-refractivity contribution >= 4 is 5.97 Å². The molecule has 0 atom stereocenters. The molecule has 0 N–H and O–H groups in total. The Kier molecular flexibility index (Phi) is 4.07. The summed E-state index contributed by atoms with van der Waals surface area (Å²) >= 11 is 0. The van der Waals surface area contributed by atoms with Crippen LogP contribution < -0.4 is 0 Å². The summed E-state index contributed by atoms with van der Waals surface area (Å²) in [5.74, 6) is -0.392. The van der Waals surface area contributed by atoms with Crippen LogP contribution in [-0.4, -0.2) is 24.7 Å². The number of ether oxygens (including phenoxy) is 2. The normalized spacial score (nSPS) is 9.86. The van der Waals surface area contributed by atoms with Crippen molar-refractivity contribution < 1.29 is 14.3 Å². The van der Waals surface area contributed by atoms with Gasteiger partial charge in [-0.15, -0.1) is 0 Å². The number of carbonyl (C=O) groups excluding carboxylic acids is 1. The number of hydrogen-bond acceptors (Lipinski definition) is 4. The molecule has 0 saturated carbocycles. The average Bonchev–Trinajstić information content (AvgIpc) is 2.20. The quantitative estimate of drug-likeness (QED) is 0.681. The first kappa shape index (κ1) is 10.7. The molecule has 76 valence electrons. The second-order valence-corrected chi connectivity index (χ2v) is 2.71. The number of hydrogen-bond donors (Lipinski definition) is 0. The summed E-state index contributed by atoms with van der Waals surface area (Å²) in [7, 11) is 1.61. The van der Waals surface area contributed by atoms with E-state index < -0.39 is 5.97 Å². The van der Waals surface area contributed by atoms with E-state index in [0.29, 0.717) is 18.9 Å². The number of carbonyl (C=O) groups is 1. The summed E-state index contributed by atoms with van der Waals surface area (Å²) in [6, 6.07) is 3.43. The van der Waals surface area contributed by atoms with E-state index in [1.165, 1.54) is 0 Å². The molecule has 1 aromatic rings. The van der Waals surface area contributed by atoms with Gasteiger partial charge < -0.3 is 9.47 Å². The first-order valence-corrected chi connectivity index (χ1v) is 4.39. The zero-order valence-electron chi connectivity index (χ0n) is 8.32. The maximum atomic E-state index is 11.2. The van der Waals surface area contributed by atoms with E-state index in [1.807, 2.05) is 0 Å². The third-order valence-corrected chi connectivity index (χ3v) is 1.62. The minimum absolute atomic E-state index is 0.326.